The first-order valence-electron chi connectivity index (χ1n) is 7.06. The summed E-state index contributed by atoms with van der Waals surface area (Å²) in [6, 6.07) is 15.1. The summed E-state index contributed by atoms with van der Waals surface area (Å²) >= 11 is 6.37. The molecule has 0 spiro atoms. The highest BCUT2D eigenvalue weighted by Gasteiger charge is 2.13. The Hall–Kier alpha value is -1.31. The molecule has 0 fully saturated rings. The van der Waals surface area contributed by atoms with Gasteiger partial charge in [-0.1, -0.05) is 53.6 Å². The zero-order chi connectivity index (χ0) is 14.5. The molecule has 1 nitrogen and oxygen atoms in total. The quantitative estimate of drug-likeness (QED) is 0.853. The van der Waals surface area contributed by atoms with E-state index < -0.39 is 0 Å². The normalized spacial score (nSPS) is 12.4. The van der Waals surface area contributed by atoms with Crippen LogP contribution in [-0.2, 0) is 6.42 Å². The van der Waals surface area contributed by atoms with E-state index in [1.807, 2.05) is 13.1 Å². The Morgan fingerprint density at radius 1 is 1.05 bits per heavy atom. The van der Waals surface area contributed by atoms with Crippen LogP contribution in [0.15, 0.2) is 42.5 Å². The van der Waals surface area contributed by atoms with Gasteiger partial charge in [0.2, 0.25) is 0 Å². The van der Waals surface area contributed by atoms with Crippen LogP contribution in [0.2, 0.25) is 5.02 Å². The van der Waals surface area contributed by atoms with Crippen LogP contribution in [0.4, 0.5) is 0 Å². The third-order valence-corrected chi connectivity index (χ3v) is 3.99. The predicted octanol–water partition coefficient (Wildman–Crippen LogP) is 4.50. The summed E-state index contributed by atoms with van der Waals surface area (Å²) in [5, 5.41) is 4.17. The van der Waals surface area contributed by atoms with Crippen molar-refractivity contribution in [3.63, 3.8) is 0 Å². The van der Waals surface area contributed by atoms with Gasteiger partial charge in [-0.15, -0.1) is 0 Å². The molecule has 1 N–H and O–H groups in total. The summed E-state index contributed by atoms with van der Waals surface area (Å²) in [5.41, 5.74) is 5.10. The maximum absolute atomic E-state index is 6.37. The minimum atomic E-state index is 0.445. The van der Waals surface area contributed by atoms with Gasteiger partial charge in [-0.3, -0.25) is 0 Å². The maximum atomic E-state index is 6.37. The molecule has 2 heteroatoms. The van der Waals surface area contributed by atoms with E-state index in [1.165, 1.54) is 22.3 Å². The van der Waals surface area contributed by atoms with Crippen molar-refractivity contribution in [2.45, 2.75) is 26.2 Å². The molecule has 0 aliphatic heterocycles. The lowest BCUT2D eigenvalue weighted by molar-refractivity contribution is 0.625. The van der Waals surface area contributed by atoms with Crippen molar-refractivity contribution in [3.8, 4) is 0 Å². The Labute approximate surface area is 127 Å². The third-order valence-electron chi connectivity index (χ3n) is 3.64. The van der Waals surface area contributed by atoms with E-state index in [9.17, 15) is 0 Å². The van der Waals surface area contributed by atoms with E-state index in [-0.39, 0.29) is 0 Å². The summed E-state index contributed by atoms with van der Waals surface area (Å²) < 4.78 is 0. The van der Waals surface area contributed by atoms with Gasteiger partial charge in [0.15, 0.2) is 0 Å². The van der Waals surface area contributed by atoms with Gasteiger partial charge >= 0.3 is 0 Å². The van der Waals surface area contributed by atoms with Crippen LogP contribution in [-0.4, -0.2) is 13.6 Å². The average Bonchev–Trinajstić information content (AvgIpc) is 2.41. The van der Waals surface area contributed by atoms with Crippen molar-refractivity contribution in [1.82, 2.24) is 5.32 Å². The predicted molar refractivity (Wildman–Crippen MR) is 87.7 cm³/mol. The van der Waals surface area contributed by atoms with E-state index in [0.717, 1.165) is 18.0 Å². The van der Waals surface area contributed by atoms with Crippen LogP contribution in [0.25, 0.3) is 0 Å². The Morgan fingerprint density at radius 3 is 2.45 bits per heavy atom. The molecular weight excluding hydrogens is 266 g/mol. The van der Waals surface area contributed by atoms with Crippen LogP contribution in [0.1, 0.15) is 28.2 Å². The second-order valence-electron chi connectivity index (χ2n) is 5.47. The summed E-state index contributed by atoms with van der Waals surface area (Å²) in [4.78, 5) is 0. The van der Waals surface area contributed by atoms with Gasteiger partial charge in [-0.2, -0.15) is 0 Å². The standard InChI is InChI=1S/C18H22ClN/c1-13-5-4-6-15(9-13)17(12-20-3)11-16-8-7-14(2)10-18(16)19/h4-10,17,20H,11-12H2,1-3H3. The summed E-state index contributed by atoms with van der Waals surface area (Å²) in [5.74, 6) is 0.445. The molecule has 0 heterocycles. The van der Waals surface area contributed by atoms with E-state index in [2.05, 4.69) is 55.6 Å². The van der Waals surface area contributed by atoms with Crippen molar-refractivity contribution in [2.75, 3.05) is 13.6 Å². The molecular formula is C18H22ClN. The molecule has 0 aliphatic carbocycles. The summed E-state index contributed by atoms with van der Waals surface area (Å²) in [7, 11) is 2.00. The number of aryl methyl sites for hydroxylation is 2. The third kappa shape index (κ3) is 3.84. The van der Waals surface area contributed by atoms with Crippen molar-refractivity contribution in [2.24, 2.45) is 0 Å². The van der Waals surface area contributed by atoms with E-state index in [0.29, 0.717) is 5.92 Å². The van der Waals surface area contributed by atoms with Crippen molar-refractivity contribution < 1.29 is 0 Å². The first-order chi connectivity index (χ1) is 9.60. The molecule has 0 aliphatic rings. The van der Waals surface area contributed by atoms with Gasteiger partial charge < -0.3 is 5.32 Å². The number of rotatable bonds is 5. The molecule has 0 bridgehead atoms. The van der Waals surface area contributed by atoms with E-state index >= 15 is 0 Å². The highest BCUT2D eigenvalue weighted by Crippen LogP contribution is 2.26. The zero-order valence-corrected chi connectivity index (χ0v) is 13.2. The highest BCUT2D eigenvalue weighted by molar-refractivity contribution is 6.31. The molecule has 2 rings (SSSR count). The minimum Gasteiger partial charge on any atom is -0.319 e. The second-order valence-corrected chi connectivity index (χ2v) is 5.87. The second kappa shape index (κ2) is 6.92. The molecule has 0 amide bonds. The minimum absolute atomic E-state index is 0.445. The number of hydrogen-bond acceptors (Lipinski definition) is 1. The van der Waals surface area contributed by atoms with Crippen LogP contribution in [0, 0.1) is 13.8 Å². The molecule has 0 saturated carbocycles. The molecule has 1 unspecified atom stereocenters. The highest BCUT2D eigenvalue weighted by atomic mass is 35.5. The number of benzene rings is 2. The van der Waals surface area contributed by atoms with Gasteiger partial charge in [-0.25, -0.2) is 0 Å². The lowest BCUT2D eigenvalue weighted by atomic mass is 9.90. The molecule has 106 valence electrons. The Kier molecular flexibility index (Phi) is 5.22. The van der Waals surface area contributed by atoms with Crippen LogP contribution in [0.3, 0.4) is 0 Å². The number of nitrogens with one attached hydrogen (secondary N) is 1. The monoisotopic (exact) mass is 287 g/mol. The lowest BCUT2D eigenvalue weighted by Gasteiger charge is -2.18. The van der Waals surface area contributed by atoms with Crippen molar-refractivity contribution in [1.29, 1.82) is 0 Å². The fraction of sp³-hybridized carbons (Fsp3) is 0.333. The Morgan fingerprint density at radius 2 is 1.80 bits per heavy atom. The largest absolute Gasteiger partial charge is 0.319 e. The van der Waals surface area contributed by atoms with Crippen molar-refractivity contribution >= 4 is 11.6 Å². The lowest BCUT2D eigenvalue weighted by Crippen LogP contribution is -2.19. The smallest absolute Gasteiger partial charge is 0.0440 e. The molecule has 0 radical (unpaired) electrons. The SMILES string of the molecule is CNCC(Cc1ccc(C)cc1Cl)c1cccc(C)c1. The molecule has 2 aromatic carbocycles. The number of halogens is 1. The number of hydrogen-bond donors (Lipinski definition) is 1. The topological polar surface area (TPSA) is 12.0 Å². The molecule has 20 heavy (non-hydrogen) atoms. The van der Waals surface area contributed by atoms with E-state index in [4.69, 9.17) is 11.6 Å². The first-order valence-corrected chi connectivity index (χ1v) is 7.44. The number of likely N-dealkylation sites (N-methyl/N-ethyl adjacent to an activating group) is 1. The van der Waals surface area contributed by atoms with Crippen LogP contribution in [0.5, 0.6) is 0 Å². The van der Waals surface area contributed by atoms with Gasteiger partial charge in [-0.05, 0) is 50.1 Å². The molecule has 0 aromatic heterocycles. The van der Waals surface area contributed by atoms with Gasteiger partial charge in [0.25, 0.3) is 0 Å². The van der Waals surface area contributed by atoms with E-state index in [1.54, 1.807) is 0 Å². The Bertz CT molecular complexity index is 577. The summed E-state index contributed by atoms with van der Waals surface area (Å²) in [6.45, 7) is 5.16. The van der Waals surface area contributed by atoms with Gasteiger partial charge in [0, 0.05) is 17.5 Å². The summed E-state index contributed by atoms with van der Waals surface area (Å²) in [6.07, 6.45) is 0.962. The molecule has 2 aromatic rings. The average molecular weight is 288 g/mol. The van der Waals surface area contributed by atoms with Crippen LogP contribution < -0.4 is 5.32 Å². The van der Waals surface area contributed by atoms with Gasteiger partial charge in [0.1, 0.15) is 0 Å². The van der Waals surface area contributed by atoms with Crippen LogP contribution >= 0.6 is 11.6 Å². The van der Waals surface area contributed by atoms with Crippen molar-refractivity contribution in [3.05, 3.63) is 69.7 Å². The fourth-order valence-electron chi connectivity index (χ4n) is 2.56. The maximum Gasteiger partial charge on any atom is 0.0440 e. The Balaban J connectivity index is 2.25. The fourth-order valence-corrected chi connectivity index (χ4v) is 2.87. The molecule has 1 atom stereocenters. The zero-order valence-electron chi connectivity index (χ0n) is 12.4. The van der Waals surface area contributed by atoms with Gasteiger partial charge in [0.05, 0.1) is 0 Å². The molecule has 0 saturated heterocycles. The first kappa shape index (κ1) is 15.1.